The first-order valence-corrected chi connectivity index (χ1v) is 12.1. The molecule has 0 radical (unpaired) electrons. The monoisotopic (exact) mass is 475 g/mol. The predicted octanol–water partition coefficient (Wildman–Crippen LogP) is 2.73. The van der Waals surface area contributed by atoms with Crippen LogP contribution in [0.15, 0.2) is 47.4 Å². The van der Waals surface area contributed by atoms with E-state index in [1.807, 2.05) is 0 Å². The number of hydrogen-bond donors (Lipinski definition) is 1. The molecule has 1 fully saturated rings. The van der Waals surface area contributed by atoms with Crippen molar-refractivity contribution in [3.63, 3.8) is 0 Å². The van der Waals surface area contributed by atoms with E-state index in [9.17, 15) is 18.0 Å². The van der Waals surface area contributed by atoms with Crippen LogP contribution in [-0.2, 0) is 19.6 Å². The SMILES string of the molecule is CCN(CC)S(=O)(=O)c1cccc(NC(=O)[C@H]2CC(=O)N(c3ccc(OC)cc3OC)C2)c1. The van der Waals surface area contributed by atoms with Crippen LogP contribution in [0.4, 0.5) is 11.4 Å². The second-order valence-corrected chi connectivity index (χ2v) is 9.49. The zero-order valence-corrected chi connectivity index (χ0v) is 20.0. The molecule has 0 aromatic heterocycles. The second-order valence-electron chi connectivity index (χ2n) is 7.55. The van der Waals surface area contributed by atoms with Gasteiger partial charge in [0.2, 0.25) is 21.8 Å². The quantitative estimate of drug-likeness (QED) is 0.598. The van der Waals surface area contributed by atoms with E-state index in [1.165, 1.54) is 35.6 Å². The van der Waals surface area contributed by atoms with Gasteiger partial charge in [0.25, 0.3) is 0 Å². The van der Waals surface area contributed by atoms with Crippen molar-refractivity contribution in [3.8, 4) is 11.5 Å². The first kappa shape index (κ1) is 24.5. The standard InChI is InChI=1S/C23H29N3O6S/c1-5-25(6-2)33(29,30)19-9-7-8-17(13-19)24-23(28)16-12-22(27)26(15-16)20-11-10-18(31-3)14-21(20)32-4/h7-11,13-14,16H,5-6,12,15H2,1-4H3,(H,24,28)/t16-/m0/s1. The van der Waals surface area contributed by atoms with Crippen LogP contribution in [0.5, 0.6) is 11.5 Å². The van der Waals surface area contributed by atoms with Gasteiger partial charge in [0.1, 0.15) is 11.5 Å². The number of rotatable bonds is 9. The van der Waals surface area contributed by atoms with Crippen molar-refractivity contribution < 1.29 is 27.5 Å². The zero-order chi connectivity index (χ0) is 24.2. The number of nitrogens with one attached hydrogen (secondary N) is 1. The van der Waals surface area contributed by atoms with Gasteiger partial charge in [0.15, 0.2) is 0 Å². The van der Waals surface area contributed by atoms with Gasteiger partial charge in [0.05, 0.1) is 30.7 Å². The highest BCUT2D eigenvalue weighted by Gasteiger charge is 2.36. The van der Waals surface area contributed by atoms with Crippen molar-refractivity contribution in [3.05, 3.63) is 42.5 Å². The van der Waals surface area contributed by atoms with Crippen LogP contribution in [0.3, 0.4) is 0 Å². The number of nitrogens with zero attached hydrogens (tertiary/aromatic N) is 2. The molecule has 1 saturated heterocycles. The van der Waals surface area contributed by atoms with Gasteiger partial charge < -0.3 is 19.7 Å². The third-order valence-corrected chi connectivity index (χ3v) is 7.66. The maximum absolute atomic E-state index is 12.9. The molecule has 1 aliphatic heterocycles. The summed E-state index contributed by atoms with van der Waals surface area (Å²) in [5, 5.41) is 2.76. The van der Waals surface area contributed by atoms with Gasteiger partial charge in [-0.05, 0) is 30.3 Å². The molecule has 2 aromatic rings. The van der Waals surface area contributed by atoms with Crippen LogP contribution in [0, 0.1) is 5.92 Å². The molecule has 3 rings (SSSR count). The van der Waals surface area contributed by atoms with E-state index in [0.717, 1.165) is 0 Å². The maximum Gasteiger partial charge on any atom is 0.243 e. The fraction of sp³-hybridized carbons (Fsp3) is 0.391. The number of amides is 2. The van der Waals surface area contributed by atoms with Crippen molar-refractivity contribution in [2.24, 2.45) is 5.92 Å². The number of hydrogen-bond acceptors (Lipinski definition) is 6. The van der Waals surface area contributed by atoms with Gasteiger partial charge in [-0.1, -0.05) is 19.9 Å². The van der Waals surface area contributed by atoms with Crippen molar-refractivity contribution in [1.82, 2.24) is 4.31 Å². The third-order valence-electron chi connectivity index (χ3n) is 5.62. The van der Waals surface area contributed by atoms with Crippen LogP contribution < -0.4 is 19.7 Å². The summed E-state index contributed by atoms with van der Waals surface area (Å²) < 4.78 is 37.5. The minimum Gasteiger partial charge on any atom is -0.497 e. The molecule has 1 atom stereocenters. The molecule has 0 bridgehead atoms. The van der Waals surface area contributed by atoms with Gasteiger partial charge in [-0.3, -0.25) is 9.59 Å². The number of ether oxygens (including phenoxy) is 2. The molecular weight excluding hydrogens is 446 g/mol. The summed E-state index contributed by atoms with van der Waals surface area (Å²) in [6.45, 7) is 4.43. The number of methoxy groups -OCH3 is 2. The van der Waals surface area contributed by atoms with Gasteiger partial charge in [-0.2, -0.15) is 4.31 Å². The Bertz CT molecular complexity index is 1130. The predicted molar refractivity (Wildman–Crippen MR) is 125 cm³/mol. The number of carbonyl (C=O) groups excluding carboxylic acids is 2. The Hall–Kier alpha value is -3.11. The van der Waals surface area contributed by atoms with Crippen LogP contribution in [0.2, 0.25) is 0 Å². The summed E-state index contributed by atoms with van der Waals surface area (Å²) in [6, 6.07) is 11.3. The molecule has 0 aliphatic carbocycles. The minimum absolute atomic E-state index is 0.0401. The van der Waals surface area contributed by atoms with E-state index < -0.39 is 15.9 Å². The Morgan fingerprint density at radius 2 is 1.85 bits per heavy atom. The van der Waals surface area contributed by atoms with Crippen LogP contribution >= 0.6 is 0 Å². The molecule has 0 saturated carbocycles. The normalized spacial score (nSPS) is 16.2. The fourth-order valence-electron chi connectivity index (χ4n) is 3.82. The largest absolute Gasteiger partial charge is 0.497 e. The van der Waals surface area contributed by atoms with E-state index in [0.29, 0.717) is 36.0 Å². The van der Waals surface area contributed by atoms with Crippen LogP contribution in [0.25, 0.3) is 0 Å². The van der Waals surface area contributed by atoms with E-state index in [1.54, 1.807) is 44.2 Å². The molecule has 0 unspecified atom stereocenters. The Balaban J connectivity index is 1.76. The summed E-state index contributed by atoms with van der Waals surface area (Å²) >= 11 is 0. The van der Waals surface area contributed by atoms with Gasteiger partial charge in [-0.15, -0.1) is 0 Å². The Morgan fingerprint density at radius 1 is 1.12 bits per heavy atom. The van der Waals surface area contributed by atoms with Gasteiger partial charge in [0, 0.05) is 37.8 Å². The topological polar surface area (TPSA) is 105 Å². The van der Waals surface area contributed by atoms with Crippen molar-refractivity contribution in [1.29, 1.82) is 0 Å². The van der Waals surface area contributed by atoms with E-state index >= 15 is 0 Å². The number of benzene rings is 2. The number of sulfonamides is 1. The Morgan fingerprint density at radius 3 is 2.48 bits per heavy atom. The lowest BCUT2D eigenvalue weighted by Crippen LogP contribution is -2.31. The van der Waals surface area contributed by atoms with Gasteiger partial charge in [-0.25, -0.2) is 8.42 Å². The third kappa shape index (κ3) is 5.12. The highest BCUT2D eigenvalue weighted by Crippen LogP contribution is 2.36. The van der Waals surface area contributed by atoms with E-state index in [2.05, 4.69) is 5.32 Å². The molecule has 1 aliphatic rings. The molecule has 178 valence electrons. The van der Waals surface area contributed by atoms with E-state index in [-0.39, 0.29) is 29.7 Å². The lowest BCUT2D eigenvalue weighted by molar-refractivity contribution is -0.122. The van der Waals surface area contributed by atoms with Gasteiger partial charge >= 0.3 is 0 Å². The molecule has 9 nitrogen and oxygen atoms in total. The van der Waals surface area contributed by atoms with Crippen molar-refractivity contribution >= 4 is 33.2 Å². The molecule has 2 amide bonds. The fourth-order valence-corrected chi connectivity index (χ4v) is 5.32. The van der Waals surface area contributed by atoms with Crippen molar-refractivity contribution in [2.75, 3.05) is 44.1 Å². The first-order chi connectivity index (χ1) is 15.7. The molecule has 1 N–H and O–H groups in total. The smallest absolute Gasteiger partial charge is 0.243 e. The summed E-state index contributed by atoms with van der Waals surface area (Å²) in [7, 11) is -0.608. The molecular formula is C23H29N3O6S. The molecule has 0 spiro atoms. The van der Waals surface area contributed by atoms with Crippen molar-refractivity contribution in [2.45, 2.75) is 25.2 Å². The lowest BCUT2D eigenvalue weighted by Gasteiger charge is -2.20. The number of anilines is 2. The molecule has 10 heteroatoms. The number of carbonyl (C=O) groups is 2. The Kier molecular flexibility index (Phi) is 7.60. The average molecular weight is 476 g/mol. The first-order valence-electron chi connectivity index (χ1n) is 10.7. The van der Waals surface area contributed by atoms with E-state index in [4.69, 9.17) is 9.47 Å². The van der Waals surface area contributed by atoms with Crippen LogP contribution in [-0.4, -0.2) is 58.4 Å². The second kappa shape index (κ2) is 10.2. The summed E-state index contributed by atoms with van der Waals surface area (Å²) in [6.07, 6.45) is 0.0401. The zero-order valence-electron chi connectivity index (χ0n) is 19.2. The Labute approximate surface area is 194 Å². The minimum atomic E-state index is -3.65. The average Bonchev–Trinajstić information content (AvgIpc) is 3.21. The van der Waals surface area contributed by atoms with Crippen LogP contribution in [0.1, 0.15) is 20.3 Å². The summed E-state index contributed by atoms with van der Waals surface area (Å²) in [5.74, 6) is -0.0753. The summed E-state index contributed by atoms with van der Waals surface area (Å²) in [4.78, 5) is 27.2. The maximum atomic E-state index is 12.9. The molecule has 1 heterocycles. The lowest BCUT2D eigenvalue weighted by atomic mass is 10.1. The molecule has 33 heavy (non-hydrogen) atoms. The highest BCUT2D eigenvalue weighted by molar-refractivity contribution is 7.89. The highest BCUT2D eigenvalue weighted by atomic mass is 32.2. The summed E-state index contributed by atoms with van der Waals surface area (Å²) in [5.41, 5.74) is 0.923. The molecule has 2 aromatic carbocycles.